The maximum absolute atomic E-state index is 12.9. The SMILES string of the molecule is O=C(Cc1ccc(F)cc1)N1CCC(=O)N(c2ccccc2)CC1. The minimum absolute atomic E-state index is 0.0262. The number of hydrogen-bond acceptors (Lipinski definition) is 2. The molecular weight excluding hydrogens is 307 g/mol. The van der Waals surface area contributed by atoms with E-state index in [0.717, 1.165) is 11.3 Å². The first kappa shape index (κ1) is 16.2. The molecule has 2 amide bonds. The Hall–Kier alpha value is -2.69. The van der Waals surface area contributed by atoms with E-state index < -0.39 is 0 Å². The van der Waals surface area contributed by atoms with Gasteiger partial charge >= 0.3 is 0 Å². The van der Waals surface area contributed by atoms with Crippen molar-refractivity contribution >= 4 is 17.5 Å². The second-order valence-electron chi connectivity index (χ2n) is 5.81. The first-order valence-electron chi connectivity index (χ1n) is 8.01. The molecule has 0 radical (unpaired) electrons. The normalized spacial score (nSPS) is 15.3. The minimum Gasteiger partial charge on any atom is -0.340 e. The second kappa shape index (κ2) is 7.25. The number of halogens is 1. The monoisotopic (exact) mass is 326 g/mol. The van der Waals surface area contributed by atoms with Gasteiger partial charge in [-0.2, -0.15) is 0 Å². The average Bonchev–Trinajstić information content (AvgIpc) is 2.79. The lowest BCUT2D eigenvalue weighted by Crippen LogP contribution is -2.36. The summed E-state index contributed by atoms with van der Waals surface area (Å²) in [5.41, 5.74) is 1.63. The van der Waals surface area contributed by atoms with Gasteiger partial charge in [-0.1, -0.05) is 30.3 Å². The maximum atomic E-state index is 12.9. The summed E-state index contributed by atoms with van der Waals surface area (Å²) in [6, 6.07) is 15.4. The molecule has 1 saturated heterocycles. The summed E-state index contributed by atoms with van der Waals surface area (Å²) in [5.74, 6) is -0.326. The number of carbonyl (C=O) groups is 2. The van der Waals surface area contributed by atoms with E-state index in [9.17, 15) is 14.0 Å². The van der Waals surface area contributed by atoms with E-state index in [1.165, 1.54) is 12.1 Å². The molecule has 0 aromatic heterocycles. The van der Waals surface area contributed by atoms with E-state index in [-0.39, 0.29) is 24.1 Å². The molecule has 0 spiro atoms. The average molecular weight is 326 g/mol. The predicted octanol–water partition coefficient (Wildman–Crippen LogP) is 2.63. The lowest BCUT2D eigenvalue weighted by molar-refractivity contribution is -0.130. The van der Waals surface area contributed by atoms with Gasteiger partial charge in [0.1, 0.15) is 5.82 Å². The Labute approximate surface area is 140 Å². The van der Waals surface area contributed by atoms with Crippen LogP contribution in [0.2, 0.25) is 0 Å². The fourth-order valence-corrected chi connectivity index (χ4v) is 2.84. The van der Waals surface area contributed by atoms with Gasteiger partial charge in [0.15, 0.2) is 0 Å². The van der Waals surface area contributed by atoms with Gasteiger partial charge in [0.2, 0.25) is 11.8 Å². The van der Waals surface area contributed by atoms with Gasteiger partial charge in [-0.15, -0.1) is 0 Å². The fourth-order valence-electron chi connectivity index (χ4n) is 2.84. The topological polar surface area (TPSA) is 40.6 Å². The Bertz CT molecular complexity index is 716. The van der Waals surface area contributed by atoms with Crippen molar-refractivity contribution < 1.29 is 14.0 Å². The van der Waals surface area contributed by atoms with Crippen molar-refractivity contribution in [2.24, 2.45) is 0 Å². The van der Waals surface area contributed by atoms with Crippen LogP contribution in [0.4, 0.5) is 10.1 Å². The molecule has 2 aromatic rings. The van der Waals surface area contributed by atoms with Crippen molar-refractivity contribution in [2.45, 2.75) is 12.8 Å². The van der Waals surface area contributed by atoms with Crippen LogP contribution in [0.5, 0.6) is 0 Å². The number of rotatable bonds is 3. The Morgan fingerprint density at radius 2 is 1.67 bits per heavy atom. The molecule has 0 aliphatic carbocycles. The molecule has 4 nitrogen and oxygen atoms in total. The Kier molecular flexibility index (Phi) is 4.89. The highest BCUT2D eigenvalue weighted by atomic mass is 19.1. The van der Waals surface area contributed by atoms with Crippen molar-refractivity contribution in [3.63, 3.8) is 0 Å². The van der Waals surface area contributed by atoms with Crippen LogP contribution in [0.25, 0.3) is 0 Å². The van der Waals surface area contributed by atoms with Gasteiger partial charge in [-0.3, -0.25) is 9.59 Å². The van der Waals surface area contributed by atoms with Crippen molar-refractivity contribution in [1.29, 1.82) is 0 Å². The van der Waals surface area contributed by atoms with E-state index in [4.69, 9.17) is 0 Å². The Balaban J connectivity index is 1.65. The van der Waals surface area contributed by atoms with E-state index in [1.807, 2.05) is 30.3 Å². The minimum atomic E-state index is -0.315. The first-order valence-corrected chi connectivity index (χ1v) is 8.01. The molecule has 1 aliphatic rings. The number of amides is 2. The molecule has 2 aromatic carbocycles. The summed E-state index contributed by atoms with van der Waals surface area (Å²) in [7, 11) is 0. The molecule has 24 heavy (non-hydrogen) atoms. The third-order valence-corrected chi connectivity index (χ3v) is 4.18. The molecule has 124 valence electrons. The highest BCUT2D eigenvalue weighted by Gasteiger charge is 2.24. The molecule has 0 saturated carbocycles. The number of carbonyl (C=O) groups excluding carboxylic acids is 2. The molecule has 3 rings (SSSR count). The summed E-state index contributed by atoms with van der Waals surface area (Å²) in [6.45, 7) is 1.40. The van der Waals surface area contributed by atoms with Crippen molar-refractivity contribution in [1.82, 2.24) is 4.90 Å². The molecule has 0 atom stereocenters. The zero-order valence-corrected chi connectivity index (χ0v) is 13.3. The number of hydrogen-bond donors (Lipinski definition) is 0. The van der Waals surface area contributed by atoms with Crippen LogP contribution in [0.3, 0.4) is 0 Å². The summed E-state index contributed by atoms with van der Waals surface area (Å²) >= 11 is 0. The van der Waals surface area contributed by atoms with Gasteiger partial charge in [0.25, 0.3) is 0 Å². The Morgan fingerprint density at radius 1 is 0.958 bits per heavy atom. The Morgan fingerprint density at radius 3 is 2.38 bits per heavy atom. The highest BCUT2D eigenvalue weighted by molar-refractivity contribution is 5.94. The van der Waals surface area contributed by atoms with E-state index in [0.29, 0.717) is 26.1 Å². The molecule has 1 fully saturated rings. The molecule has 1 heterocycles. The van der Waals surface area contributed by atoms with E-state index in [2.05, 4.69) is 0 Å². The number of para-hydroxylation sites is 1. The maximum Gasteiger partial charge on any atom is 0.228 e. The molecular formula is C19H19FN2O2. The summed E-state index contributed by atoms with van der Waals surface area (Å²) in [4.78, 5) is 28.2. The van der Waals surface area contributed by atoms with Gasteiger partial charge in [0, 0.05) is 31.7 Å². The van der Waals surface area contributed by atoms with Crippen LogP contribution in [-0.4, -0.2) is 36.3 Å². The fraction of sp³-hybridized carbons (Fsp3) is 0.263. The number of benzene rings is 2. The quantitative estimate of drug-likeness (QED) is 0.870. The first-order chi connectivity index (χ1) is 11.6. The van der Waals surface area contributed by atoms with E-state index >= 15 is 0 Å². The van der Waals surface area contributed by atoms with Crippen molar-refractivity contribution in [2.75, 3.05) is 24.5 Å². The molecule has 0 bridgehead atoms. The smallest absolute Gasteiger partial charge is 0.228 e. The van der Waals surface area contributed by atoms with Gasteiger partial charge < -0.3 is 9.80 Å². The molecule has 0 N–H and O–H groups in total. The van der Waals surface area contributed by atoms with Gasteiger partial charge in [0.05, 0.1) is 6.42 Å². The lowest BCUT2D eigenvalue weighted by atomic mass is 10.1. The van der Waals surface area contributed by atoms with Gasteiger partial charge in [-0.05, 0) is 29.8 Å². The summed E-state index contributed by atoms with van der Waals surface area (Å²) in [6.07, 6.45) is 0.532. The molecule has 1 aliphatic heterocycles. The highest BCUT2D eigenvalue weighted by Crippen LogP contribution is 2.17. The number of anilines is 1. The predicted molar refractivity (Wildman–Crippen MR) is 90.1 cm³/mol. The van der Waals surface area contributed by atoms with Crippen LogP contribution < -0.4 is 4.90 Å². The summed E-state index contributed by atoms with van der Waals surface area (Å²) in [5, 5.41) is 0. The van der Waals surface area contributed by atoms with Crippen LogP contribution in [-0.2, 0) is 16.0 Å². The molecule has 0 unspecified atom stereocenters. The standard InChI is InChI=1S/C19H19FN2O2/c20-16-8-6-15(7-9-16)14-19(24)21-11-10-18(23)22(13-12-21)17-4-2-1-3-5-17/h1-9H,10-14H2. The third-order valence-electron chi connectivity index (χ3n) is 4.18. The van der Waals surface area contributed by atoms with Crippen molar-refractivity contribution in [3.8, 4) is 0 Å². The van der Waals surface area contributed by atoms with Crippen molar-refractivity contribution in [3.05, 3.63) is 66.0 Å². The van der Waals surface area contributed by atoms with Crippen LogP contribution >= 0.6 is 0 Å². The summed E-state index contributed by atoms with van der Waals surface area (Å²) < 4.78 is 12.9. The number of nitrogens with zero attached hydrogens (tertiary/aromatic N) is 2. The zero-order chi connectivity index (χ0) is 16.9. The molecule has 5 heteroatoms. The van der Waals surface area contributed by atoms with Crippen LogP contribution in [0, 0.1) is 5.82 Å². The van der Waals surface area contributed by atoms with E-state index in [1.54, 1.807) is 21.9 Å². The van der Waals surface area contributed by atoms with Crippen LogP contribution in [0.1, 0.15) is 12.0 Å². The second-order valence-corrected chi connectivity index (χ2v) is 5.81. The van der Waals surface area contributed by atoms with Crippen LogP contribution in [0.15, 0.2) is 54.6 Å². The van der Waals surface area contributed by atoms with Gasteiger partial charge in [-0.25, -0.2) is 4.39 Å². The third kappa shape index (κ3) is 3.79. The zero-order valence-electron chi connectivity index (χ0n) is 13.3. The largest absolute Gasteiger partial charge is 0.340 e. The lowest BCUT2D eigenvalue weighted by Gasteiger charge is -2.22.